The summed E-state index contributed by atoms with van der Waals surface area (Å²) in [4.78, 5) is 26.1. The van der Waals surface area contributed by atoms with Crippen molar-refractivity contribution < 1.29 is 4.79 Å². The van der Waals surface area contributed by atoms with Gasteiger partial charge < -0.3 is 10.2 Å². The fraction of sp³-hybridized carbons (Fsp3) is 0.280. The first kappa shape index (κ1) is 21.1. The van der Waals surface area contributed by atoms with Crippen LogP contribution in [-0.2, 0) is 13.1 Å². The van der Waals surface area contributed by atoms with Gasteiger partial charge in [0.15, 0.2) is 5.65 Å². The van der Waals surface area contributed by atoms with Gasteiger partial charge >= 0.3 is 0 Å². The van der Waals surface area contributed by atoms with Crippen molar-refractivity contribution in [1.82, 2.24) is 30.0 Å². The molecular formula is C25H27N7O. The molecule has 2 aromatic carbocycles. The summed E-state index contributed by atoms with van der Waals surface area (Å²) in [5.41, 5.74) is 2.79. The number of carbonyl (C=O) groups excluding carboxylic acids is 1. The predicted molar refractivity (Wildman–Crippen MR) is 128 cm³/mol. The highest BCUT2D eigenvalue weighted by atomic mass is 16.1. The number of carbonyl (C=O) groups is 1. The van der Waals surface area contributed by atoms with Crippen molar-refractivity contribution in [2.24, 2.45) is 0 Å². The van der Waals surface area contributed by atoms with Crippen LogP contribution in [0.2, 0.25) is 0 Å². The Morgan fingerprint density at radius 2 is 1.64 bits per heavy atom. The normalized spacial score (nSPS) is 14.5. The molecule has 1 N–H and O–H groups in total. The van der Waals surface area contributed by atoms with E-state index in [2.05, 4.69) is 60.5 Å². The minimum atomic E-state index is -0.0873. The Morgan fingerprint density at radius 1 is 0.909 bits per heavy atom. The van der Waals surface area contributed by atoms with Gasteiger partial charge in [-0.25, -0.2) is 14.6 Å². The number of hydrogen-bond donors (Lipinski definition) is 1. The van der Waals surface area contributed by atoms with Crippen molar-refractivity contribution in [3.63, 3.8) is 0 Å². The number of nitrogens with zero attached hydrogens (tertiary/aromatic N) is 6. The summed E-state index contributed by atoms with van der Waals surface area (Å²) in [6.07, 6.45) is 3.44. The number of nitrogens with one attached hydrogen (secondary N) is 1. The van der Waals surface area contributed by atoms with Gasteiger partial charge in [-0.2, -0.15) is 5.10 Å². The lowest BCUT2D eigenvalue weighted by Crippen LogP contribution is -2.46. The lowest BCUT2D eigenvalue weighted by Gasteiger charge is -2.35. The largest absolute Gasteiger partial charge is 0.353 e. The van der Waals surface area contributed by atoms with E-state index in [4.69, 9.17) is 0 Å². The summed E-state index contributed by atoms with van der Waals surface area (Å²) in [6, 6.07) is 19.8. The van der Waals surface area contributed by atoms with Crippen LogP contribution in [0.4, 0.5) is 5.82 Å². The zero-order chi connectivity index (χ0) is 22.5. The minimum Gasteiger partial charge on any atom is -0.353 e. The molecule has 2 aromatic heterocycles. The Labute approximate surface area is 192 Å². The number of benzene rings is 2. The van der Waals surface area contributed by atoms with Crippen molar-refractivity contribution in [2.45, 2.75) is 13.1 Å². The lowest BCUT2D eigenvalue weighted by atomic mass is 10.2. The first-order valence-corrected chi connectivity index (χ1v) is 11.3. The zero-order valence-electron chi connectivity index (χ0n) is 18.5. The number of piperazine rings is 1. The highest BCUT2D eigenvalue weighted by Crippen LogP contribution is 2.24. The SMILES string of the molecule is O=C(NCCn1ncc2c(N3CCN(Cc4ccccc4)CC3)ncnc21)c1ccccc1. The molecule has 1 saturated heterocycles. The number of fused-ring (bicyclic) bond motifs is 1. The molecule has 0 aliphatic carbocycles. The number of aromatic nitrogens is 4. The Kier molecular flexibility index (Phi) is 6.25. The van der Waals surface area contributed by atoms with Crippen LogP contribution < -0.4 is 10.2 Å². The molecule has 33 heavy (non-hydrogen) atoms. The molecule has 8 nitrogen and oxygen atoms in total. The van der Waals surface area contributed by atoms with Gasteiger partial charge in [0.1, 0.15) is 12.1 Å². The molecule has 1 fully saturated rings. The summed E-state index contributed by atoms with van der Waals surface area (Å²) in [5.74, 6) is 0.842. The van der Waals surface area contributed by atoms with E-state index in [1.165, 1.54) is 5.56 Å². The number of anilines is 1. The fourth-order valence-corrected chi connectivity index (χ4v) is 4.22. The summed E-state index contributed by atoms with van der Waals surface area (Å²) in [6.45, 7) is 5.79. The van der Waals surface area contributed by atoms with Gasteiger partial charge in [0, 0.05) is 44.8 Å². The summed E-state index contributed by atoms with van der Waals surface area (Å²) in [5, 5.41) is 8.41. The maximum Gasteiger partial charge on any atom is 0.251 e. The van der Waals surface area contributed by atoms with E-state index < -0.39 is 0 Å². The molecule has 0 saturated carbocycles. The molecular weight excluding hydrogens is 414 g/mol. The van der Waals surface area contributed by atoms with E-state index in [1.807, 2.05) is 29.1 Å². The van der Waals surface area contributed by atoms with Crippen LogP contribution in [0.3, 0.4) is 0 Å². The molecule has 168 valence electrons. The number of amides is 1. The van der Waals surface area contributed by atoms with Crippen molar-refractivity contribution >= 4 is 22.8 Å². The topological polar surface area (TPSA) is 79.2 Å². The Morgan fingerprint density at radius 3 is 2.39 bits per heavy atom. The van der Waals surface area contributed by atoms with Crippen LogP contribution in [0, 0.1) is 0 Å². The molecule has 0 bridgehead atoms. The molecule has 0 radical (unpaired) electrons. The molecule has 1 amide bonds. The van der Waals surface area contributed by atoms with Crippen molar-refractivity contribution in [3.05, 3.63) is 84.3 Å². The standard InChI is InChI=1S/C25H27N7O/c33-25(21-9-5-2-6-10-21)26-11-12-32-24-22(17-29-32)23(27-19-28-24)31-15-13-30(14-16-31)18-20-7-3-1-4-8-20/h1-10,17,19H,11-16,18H2,(H,26,33). The highest BCUT2D eigenvalue weighted by molar-refractivity contribution is 5.94. The molecule has 4 aromatic rings. The minimum absolute atomic E-state index is 0.0873. The van der Waals surface area contributed by atoms with Crippen molar-refractivity contribution in [3.8, 4) is 0 Å². The van der Waals surface area contributed by atoms with Gasteiger partial charge in [-0.05, 0) is 17.7 Å². The van der Waals surface area contributed by atoms with Gasteiger partial charge in [-0.3, -0.25) is 9.69 Å². The first-order valence-electron chi connectivity index (χ1n) is 11.3. The van der Waals surface area contributed by atoms with Crippen molar-refractivity contribution in [2.75, 3.05) is 37.6 Å². The average Bonchev–Trinajstić information content (AvgIpc) is 3.29. The van der Waals surface area contributed by atoms with E-state index in [9.17, 15) is 4.79 Å². The molecule has 3 heterocycles. The first-order chi connectivity index (χ1) is 16.3. The van der Waals surface area contributed by atoms with E-state index >= 15 is 0 Å². The molecule has 1 aliphatic rings. The highest BCUT2D eigenvalue weighted by Gasteiger charge is 2.21. The number of hydrogen-bond acceptors (Lipinski definition) is 6. The van der Waals surface area contributed by atoms with E-state index in [-0.39, 0.29) is 5.91 Å². The Hall–Kier alpha value is -3.78. The van der Waals surface area contributed by atoms with Crippen LogP contribution in [0.25, 0.3) is 11.0 Å². The van der Waals surface area contributed by atoms with Gasteiger partial charge in [-0.15, -0.1) is 0 Å². The van der Waals surface area contributed by atoms with Gasteiger partial charge in [-0.1, -0.05) is 48.5 Å². The van der Waals surface area contributed by atoms with E-state index in [0.717, 1.165) is 49.6 Å². The molecule has 0 unspecified atom stereocenters. The lowest BCUT2D eigenvalue weighted by molar-refractivity contribution is 0.0952. The summed E-state index contributed by atoms with van der Waals surface area (Å²) in [7, 11) is 0. The third-order valence-corrected chi connectivity index (χ3v) is 5.98. The number of rotatable bonds is 7. The van der Waals surface area contributed by atoms with Crippen molar-refractivity contribution in [1.29, 1.82) is 0 Å². The van der Waals surface area contributed by atoms with Crippen LogP contribution in [-0.4, -0.2) is 63.3 Å². The van der Waals surface area contributed by atoms with Crippen LogP contribution in [0.1, 0.15) is 15.9 Å². The summed E-state index contributed by atoms with van der Waals surface area (Å²) < 4.78 is 1.83. The van der Waals surface area contributed by atoms with Crippen LogP contribution in [0.15, 0.2) is 73.2 Å². The van der Waals surface area contributed by atoms with Gasteiger partial charge in [0.05, 0.1) is 18.1 Å². The van der Waals surface area contributed by atoms with E-state index in [0.29, 0.717) is 18.7 Å². The smallest absolute Gasteiger partial charge is 0.251 e. The molecule has 5 rings (SSSR count). The maximum atomic E-state index is 12.3. The van der Waals surface area contributed by atoms with Crippen LogP contribution >= 0.6 is 0 Å². The molecule has 8 heteroatoms. The molecule has 1 aliphatic heterocycles. The van der Waals surface area contributed by atoms with Gasteiger partial charge in [0.25, 0.3) is 5.91 Å². The Balaban J connectivity index is 1.20. The predicted octanol–water partition coefficient (Wildman–Crippen LogP) is 2.58. The fourth-order valence-electron chi connectivity index (χ4n) is 4.22. The molecule has 0 atom stereocenters. The van der Waals surface area contributed by atoms with Gasteiger partial charge in [0.2, 0.25) is 0 Å². The summed E-state index contributed by atoms with van der Waals surface area (Å²) >= 11 is 0. The zero-order valence-corrected chi connectivity index (χ0v) is 18.5. The van der Waals surface area contributed by atoms with Crippen LogP contribution in [0.5, 0.6) is 0 Å². The third-order valence-electron chi connectivity index (χ3n) is 5.98. The van der Waals surface area contributed by atoms with E-state index in [1.54, 1.807) is 18.5 Å². The molecule has 0 spiro atoms. The monoisotopic (exact) mass is 441 g/mol. The second kappa shape index (κ2) is 9.79. The maximum absolute atomic E-state index is 12.3. The average molecular weight is 442 g/mol. The second-order valence-electron chi connectivity index (χ2n) is 8.17. The second-order valence-corrected chi connectivity index (χ2v) is 8.17. The third kappa shape index (κ3) is 4.85. The quantitative estimate of drug-likeness (QED) is 0.475. The Bertz CT molecular complexity index is 1200.